The Bertz CT molecular complexity index is 1710. The minimum absolute atomic E-state index is 0.155. The van der Waals surface area contributed by atoms with Gasteiger partial charge in [-0.1, -0.05) is 25.1 Å². The zero-order valence-corrected chi connectivity index (χ0v) is 25.8. The molecule has 45 heavy (non-hydrogen) atoms. The number of benzene rings is 3. The topological polar surface area (TPSA) is 116 Å². The van der Waals surface area contributed by atoms with E-state index in [0.29, 0.717) is 17.1 Å². The number of aromatic nitrogens is 1. The average Bonchev–Trinajstić information content (AvgIpc) is 3.34. The number of carbonyl (C=O) groups is 3. The van der Waals surface area contributed by atoms with Gasteiger partial charge in [0.15, 0.2) is 0 Å². The number of rotatable bonds is 8. The van der Waals surface area contributed by atoms with Crippen molar-refractivity contribution >= 4 is 40.1 Å². The molecule has 0 fully saturated rings. The highest BCUT2D eigenvalue weighted by Crippen LogP contribution is 2.31. The fourth-order valence-electron chi connectivity index (χ4n) is 5.57. The Hall–Kier alpha value is -4.90. The van der Waals surface area contributed by atoms with Gasteiger partial charge < -0.3 is 34.8 Å². The second kappa shape index (κ2) is 13.4. The molecule has 3 N–H and O–H groups in total. The SMILES string of the molecule is C[C@@H]1CN([C@@H](C)CO)C(=O)c2cc(NC(=O)Cc3cn(C)c4ccccc34)ccc2O[C@H]1CN(C)C(=O)Nc1ccc(F)cc1. The molecule has 0 radical (unpaired) electrons. The van der Waals surface area contributed by atoms with Crippen LogP contribution in [0.1, 0.15) is 29.8 Å². The molecule has 0 aliphatic carbocycles. The third-order valence-electron chi connectivity index (χ3n) is 8.18. The van der Waals surface area contributed by atoms with E-state index in [1.54, 1.807) is 37.1 Å². The number of aryl methyl sites for hydroxylation is 1. The maximum atomic E-state index is 13.8. The lowest BCUT2D eigenvalue weighted by molar-refractivity contribution is -0.115. The van der Waals surface area contributed by atoms with E-state index in [1.807, 2.05) is 49.0 Å². The number of aliphatic hydroxyl groups excluding tert-OH is 1. The van der Waals surface area contributed by atoms with E-state index in [2.05, 4.69) is 10.6 Å². The van der Waals surface area contributed by atoms with Gasteiger partial charge in [0.1, 0.15) is 17.7 Å². The summed E-state index contributed by atoms with van der Waals surface area (Å²) in [5, 5.41) is 16.6. The molecule has 2 heterocycles. The lowest BCUT2D eigenvalue weighted by Crippen LogP contribution is -2.50. The van der Waals surface area contributed by atoms with E-state index >= 15 is 0 Å². The first kappa shape index (κ1) is 31.5. The molecular weight excluding hydrogens is 577 g/mol. The van der Waals surface area contributed by atoms with Crippen molar-refractivity contribution in [3.63, 3.8) is 0 Å². The molecule has 0 unspecified atom stereocenters. The highest BCUT2D eigenvalue weighted by Gasteiger charge is 2.34. The Labute approximate surface area is 261 Å². The van der Waals surface area contributed by atoms with Crippen LogP contribution in [-0.2, 0) is 18.3 Å². The summed E-state index contributed by atoms with van der Waals surface area (Å²) in [6.07, 6.45) is 1.58. The molecule has 11 heteroatoms. The second-order valence-electron chi connectivity index (χ2n) is 11.7. The van der Waals surface area contributed by atoms with Gasteiger partial charge in [0, 0.05) is 55.0 Å². The molecular formula is C34H38FN5O5. The maximum Gasteiger partial charge on any atom is 0.321 e. The predicted molar refractivity (Wildman–Crippen MR) is 171 cm³/mol. The van der Waals surface area contributed by atoms with Gasteiger partial charge in [-0.25, -0.2) is 9.18 Å². The molecule has 4 aromatic rings. The van der Waals surface area contributed by atoms with Crippen LogP contribution in [0.25, 0.3) is 10.9 Å². The van der Waals surface area contributed by atoms with E-state index < -0.39 is 24.0 Å². The summed E-state index contributed by atoms with van der Waals surface area (Å²) in [6, 6.07) is 17.4. The summed E-state index contributed by atoms with van der Waals surface area (Å²) in [4.78, 5) is 42.9. The number of amides is 4. The normalized spacial score (nSPS) is 17.1. The van der Waals surface area contributed by atoms with Crippen LogP contribution in [0.4, 0.5) is 20.6 Å². The minimum atomic E-state index is -0.513. The fourth-order valence-corrected chi connectivity index (χ4v) is 5.57. The minimum Gasteiger partial charge on any atom is -0.487 e. The molecule has 4 amide bonds. The molecule has 3 aromatic carbocycles. The van der Waals surface area contributed by atoms with Crippen molar-refractivity contribution in [3.8, 4) is 5.75 Å². The third kappa shape index (κ3) is 7.09. The number of carbonyl (C=O) groups excluding carboxylic acids is 3. The van der Waals surface area contributed by atoms with Gasteiger partial charge in [-0.05, 0) is 61.0 Å². The van der Waals surface area contributed by atoms with Crippen LogP contribution in [0.2, 0.25) is 0 Å². The lowest BCUT2D eigenvalue weighted by atomic mass is 9.99. The lowest BCUT2D eigenvalue weighted by Gasteiger charge is -2.38. The molecule has 236 valence electrons. The van der Waals surface area contributed by atoms with Crippen molar-refractivity contribution in [2.75, 3.05) is 37.4 Å². The van der Waals surface area contributed by atoms with Crippen LogP contribution < -0.4 is 15.4 Å². The van der Waals surface area contributed by atoms with Crippen molar-refractivity contribution in [1.29, 1.82) is 0 Å². The number of aliphatic hydroxyl groups is 1. The zero-order chi connectivity index (χ0) is 32.2. The molecule has 1 aromatic heterocycles. The van der Waals surface area contributed by atoms with E-state index in [0.717, 1.165) is 16.5 Å². The van der Waals surface area contributed by atoms with Crippen molar-refractivity contribution < 1.29 is 28.6 Å². The Kier molecular flexibility index (Phi) is 9.38. The van der Waals surface area contributed by atoms with Crippen LogP contribution in [0.5, 0.6) is 5.75 Å². The second-order valence-corrected chi connectivity index (χ2v) is 11.7. The van der Waals surface area contributed by atoms with Crippen LogP contribution in [-0.4, -0.2) is 76.2 Å². The van der Waals surface area contributed by atoms with Crippen molar-refractivity contribution in [2.24, 2.45) is 13.0 Å². The molecule has 10 nitrogen and oxygen atoms in total. The van der Waals surface area contributed by atoms with Crippen molar-refractivity contribution in [3.05, 3.63) is 89.9 Å². The highest BCUT2D eigenvalue weighted by molar-refractivity contribution is 6.01. The van der Waals surface area contributed by atoms with E-state index in [9.17, 15) is 23.9 Å². The van der Waals surface area contributed by atoms with Crippen LogP contribution in [0.15, 0.2) is 72.9 Å². The summed E-state index contributed by atoms with van der Waals surface area (Å²) >= 11 is 0. The first-order valence-corrected chi connectivity index (χ1v) is 14.9. The number of anilines is 2. The zero-order valence-electron chi connectivity index (χ0n) is 25.8. The number of nitrogens with zero attached hydrogens (tertiary/aromatic N) is 3. The quantitative estimate of drug-likeness (QED) is 0.261. The van der Waals surface area contributed by atoms with E-state index in [1.165, 1.54) is 29.2 Å². The molecule has 5 rings (SSSR count). The smallest absolute Gasteiger partial charge is 0.321 e. The number of likely N-dealkylation sites (N-methyl/N-ethyl adjacent to an activating group) is 1. The van der Waals surface area contributed by atoms with Gasteiger partial charge >= 0.3 is 6.03 Å². The number of urea groups is 1. The van der Waals surface area contributed by atoms with Gasteiger partial charge in [-0.2, -0.15) is 0 Å². The van der Waals surface area contributed by atoms with Crippen LogP contribution >= 0.6 is 0 Å². The Morgan fingerprint density at radius 2 is 1.80 bits per heavy atom. The summed E-state index contributed by atoms with van der Waals surface area (Å²) < 4.78 is 21.7. The number of para-hydroxylation sites is 1. The van der Waals surface area contributed by atoms with Gasteiger partial charge in [-0.15, -0.1) is 0 Å². The summed E-state index contributed by atoms with van der Waals surface area (Å²) in [7, 11) is 3.57. The van der Waals surface area contributed by atoms with Gasteiger partial charge in [0.05, 0.1) is 31.2 Å². The van der Waals surface area contributed by atoms with Gasteiger partial charge in [0.25, 0.3) is 5.91 Å². The monoisotopic (exact) mass is 615 g/mol. The largest absolute Gasteiger partial charge is 0.487 e. The van der Waals surface area contributed by atoms with Crippen LogP contribution in [0.3, 0.4) is 0 Å². The Morgan fingerprint density at radius 3 is 2.53 bits per heavy atom. The fraction of sp³-hybridized carbons (Fsp3) is 0.324. The summed E-state index contributed by atoms with van der Waals surface area (Å²) in [6.45, 7) is 3.91. The molecule has 3 atom stereocenters. The predicted octanol–water partition coefficient (Wildman–Crippen LogP) is 4.88. The number of hydrogen-bond acceptors (Lipinski definition) is 5. The number of hydrogen-bond donors (Lipinski definition) is 3. The standard InChI is InChI=1S/C34H38FN5O5/c1-21-17-40(22(2)20-41)33(43)28-16-26(36-32(42)15-23-18-38(3)29-8-6-5-7-27(23)29)13-14-30(28)45-31(21)19-39(4)34(44)37-25-11-9-24(35)10-12-25/h5-14,16,18,21-22,31,41H,15,17,19-20H2,1-4H3,(H,36,42)(H,37,44)/t21-,22+,31+/m1/s1. The molecule has 0 spiro atoms. The molecule has 0 saturated heterocycles. The van der Waals surface area contributed by atoms with Crippen LogP contribution in [0, 0.1) is 11.7 Å². The first-order valence-electron chi connectivity index (χ1n) is 14.9. The molecule has 1 aliphatic heterocycles. The van der Waals surface area contributed by atoms with E-state index in [-0.39, 0.29) is 49.4 Å². The Morgan fingerprint density at radius 1 is 1.09 bits per heavy atom. The van der Waals surface area contributed by atoms with E-state index in [4.69, 9.17) is 4.74 Å². The molecule has 0 saturated carbocycles. The number of fused-ring (bicyclic) bond motifs is 2. The van der Waals surface area contributed by atoms with Gasteiger partial charge in [0.2, 0.25) is 5.91 Å². The first-order chi connectivity index (χ1) is 21.5. The summed E-state index contributed by atoms with van der Waals surface area (Å²) in [5.74, 6) is -0.861. The number of ether oxygens (including phenoxy) is 1. The maximum absolute atomic E-state index is 13.8. The van der Waals surface area contributed by atoms with Crippen molar-refractivity contribution in [2.45, 2.75) is 32.4 Å². The third-order valence-corrected chi connectivity index (χ3v) is 8.18. The number of nitrogens with one attached hydrogen (secondary N) is 2. The highest BCUT2D eigenvalue weighted by atomic mass is 19.1. The van der Waals surface area contributed by atoms with Crippen molar-refractivity contribution in [1.82, 2.24) is 14.4 Å². The average molecular weight is 616 g/mol. The molecule has 0 bridgehead atoms. The summed E-state index contributed by atoms with van der Waals surface area (Å²) in [5.41, 5.74) is 3.06. The number of halogens is 1. The Balaban J connectivity index is 1.36. The van der Waals surface area contributed by atoms with Gasteiger partial charge in [-0.3, -0.25) is 9.59 Å². The molecule has 1 aliphatic rings.